The fraction of sp³-hybridized carbons (Fsp3) is 0.278. The minimum Gasteiger partial charge on any atom is -0.497 e. The van der Waals surface area contributed by atoms with Gasteiger partial charge in [0.25, 0.3) is 0 Å². The van der Waals surface area contributed by atoms with Gasteiger partial charge in [0.15, 0.2) is 5.78 Å². The molecule has 110 valence electrons. The smallest absolute Gasteiger partial charge is 0.175 e. The molecule has 1 unspecified atom stereocenters. The highest BCUT2D eigenvalue weighted by Gasteiger charge is 2.17. The van der Waals surface area contributed by atoms with Crippen molar-refractivity contribution in [2.45, 2.75) is 30.9 Å². The Morgan fingerprint density at radius 3 is 2.29 bits per heavy atom. The molecule has 0 amide bonds. The summed E-state index contributed by atoms with van der Waals surface area (Å²) in [7, 11) is 1.65. The van der Waals surface area contributed by atoms with Gasteiger partial charge in [-0.15, -0.1) is 11.8 Å². The first kappa shape index (κ1) is 15.6. The van der Waals surface area contributed by atoms with E-state index in [4.69, 9.17) is 4.74 Å². The molecule has 21 heavy (non-hydrogen) atoms. The van der Waals surface area contributed by atoms with Crippen molar-refractivity contribution in [3.05, 3.63) is 59.2 Å². The highest BCUT2D eigenvalue weighted by molar-refractivity contribution is 8.00. The van der Waals surface area contributed by atoms with E-state index in [9.17, 15) is 4.79 Å². The molecule has 2 aromatic rings. The Morgan fingerprint density at radius 1 is 1.05 bits per heavy atom. The van der Waals surface area contributed by atoms with Crippen LogP contribution in [0.2, 0.25) is 0 Å². The summed E-state index contributed by atoms with van der Waals surface area (Å²) in [6, 6.07) is 13.7. The largest absolute Gasteiger partial charge is 0.497 e. The van der Waals surface area contributed by atoms with Gasteiger partial charge in [0, 0.05) is 10.5 Å². The van der Waals surface area contributed by atoms with Gasteiger partial charge in [-0.1, -0.05) is 12.1 Å². The van der Waals surface area contributed by atoms with E-state index in [0.29, 0.717) is 0 Å². The average molecular weight is 300 g/mol. The maximum atomic E-state index is 12.5. The van der Waals surface area contributed by atoms with Crippen LogP contribution in [0, 0.1) is 13.8 Å². The van der Waals surface area contributed by atoms with Gasteiger partial charge in [-0.3, -0.25) is 4.79 Å². The van der Waals surface area contributed by atoms with E-state index in [1.807, 2.05) is 56.3 Å². The Balaban J connectivity index is 2.09. The molecule has 2 nitrogen and oxygen atoms in total. The number of carbonyl (C=O) groups excluding carboxylic acids is 1. The van der Waals surface area contributed by atoms with Crippen LogP contribution in [-0.2, 0) is 0 Å². The summed E-state index contributed by atoms with van der Waals surface area (Å²) in [4.78, 5) is 13.6. The molecule has 0 spiro atoms. The maximum Gasteiger partial charge on any atom is 0.175 e. The predicted octanol–water partition coefficient (Wildman–Crippen LogP) is 4.68. The Morgan fingerprint density at radius 2 is 1.71 bits per heavy atom. The van der Waals surface area contributed by atoms with E-state index < -0.39 is 0 Å². The molecule has 0 saturated heterocycles. The molecule has 2 rings (SSSR count). The summed E-state index contributed by atoms with van der Waals surface area (Å²) in [5, 5.41) is -0.111. The van der Waals surface area contributed by atoms with Crippen molar-refractivity contribution in [2.75, 3.05) is 7.11 Å². The number of aryl methyl sites for hydroxylation is 2. The molecule has 0 aliphatic rings. The third kappa shape index (κ3) is 3.88. The van der Waals surface area contributed by atoms with Crippen LogP contribution in [0.5, 0.6) is 5.75 Å². The lowest BCUT2D eigenvalue weighted by Crippen LogP contribution is -2.13. The van der Waals surface area contributed by atoms with Gasteiger partial charge in [0.2, 0.25) is 0 Å². The monoisotopic (exact) mass is 300 g/mol. The standard InChI is InChI=1S/C18H20O2S/c1-12-5-6-15(11-13(12)2)18(19)14(3)21-17-9-7-16(20-4)8-10-17/h5-11,14H,1-4H3. The number of hydrogen-bond acceptors (Lipinski definition) is 3. The second-order valence-corrected chi connectivity index (χ2v) is 6.51. The molecule has 0 aromatic heterocycles. The number of hydrogen-bond donors (Lipinski definition) is 0. The molecule has 0 heterocycles. The number of ether oxygens (including phenoxy) is 1. The number of benzene rings is 2. The maximum absolute atomic E-state index is 12.5. The Labute approximate surface area is 130 Å². The fourth-order valence-corrected chi connectivity index (χ4v) is 2.99. The van der Waals surface area contributed by atoms with E-state index >= 15 is 0 Å². The van der Waals surface area contributed by atoms with Gasteiger partial charge in [-0.25, -0.2) is 0 Å². The van der Waals surface area contributed by atoms with Gasteiger partial charge >= 0.3 is 0 Å². The fourth-order valence-electron chi connectivity index (χ4n) is 2.04. The van der Waals surface area contributed by atoms with Gasteiger partial charge in [-0.2, -0.15) is 0 Å². The highest BCUT2D eigenvalue weighted by Crippen LogP contribution is 2.27. The average Bonchev–Trinajstić information content (AvgIpc) is 2.50. The molecule has 0 aliphatic heterocycles. The van der Waals surface area contributed by atoms with E-state index in [1.165, 1.54) is 5.56 Å². The molecule has 3 heteroatoms. The van der Waals surface area contributed by atoms with Crippen molar-refractivity contribution in [1.29, 1.82) is 0 Å². The second-order valence-electron chi connectivity index (χ2n) is 5.10. The first-order valence-corrected chi connectivity index (χ1v) is 7.81. The van der Waals surface area contributed by atoms with E-state index in [1.54, 1.807) is 18.9 Å². The zero-order valence-electron chi connectivity index (χ0n) is 12.8. The quantitative estimate of drug-likeness (QED) is 0.592. The van der Waals surface area contributed by atoms with Crippen molar-refractivity contribution in [3.63, 3.8) is 0 Å². The predicted molar refractivity (Wildman–Crippen MR) is 88.6 cm³/mol. The zero-order valence-corrected chi connectivity index (χ0v) is 13.7. The Bertz CT molecular complexity index is 632. The molecule has 2 aromatic carbocycles. The summed E-state index contributed by atoms with van der Waals surface area (Å²) in [6.07, 6.45) is 0. The minimum atomic E-state index is -0.111. The van der Waals surface area contributed by atoms with E-state index in [2.05, 4.69) is 6.92 Å². The first-order valence-electron chi connectivity index (χ1n) is 6.93. The lowest BCUT2D eigenvalue weighted by Gasteiger charge is -2.12. The van der Waals surface area contributed by atoms with Crippen molar-refractivity contribution in [1.82, 2.24) is 0 Å². The molecular formula is C18H20O2S. The van der Waals surface area contributed by atoms with Crippen molar-refractivity contribution < 1.29 is 9.53 Å². The number of rotatable bonds is 5. The van der Waals surface area contributed by atoms with E-state index in [-0.39, 0.29) is 11.0 Å². The normalized spacial score (nSPS) is 12.0. The summed E-state index contributed by atoms with van der Waals surface area (Å²) in [6.45, 7) is 6.04. The summed E-state index contributed by atoms with van der Waals surface area (Å²) < 4.78 is 5.14. The molecule has 0 radical (unpaired) electrons. The summed E-state index contributed by atoms with van der Waals surface area (Å²) in [5.41, 5.74) is 3.15. The van der Waals surface area contributed by atoms with Crippen LogP contribution in [0.25, 0.3) is 0 Å². The van der Waals surface area contributed by atoms with Crippen LogP contribution in [-0.4, -0.2) is 18.1 Å². The minimum absolute atomic E-state index is 0.111. The van der Waals surface area contributed by atoms with Gasteiger partial charge in [-0.05, 0) is 62.2 Å². The Kier molecular flexibility index (Phi) is 5.07. The number of methoxy groups -OCH3 is 1. The summed E-state index contributed by atoms with van der Waals surface area (Å²) in [5.74, 6) is 0.992. The van der Waals surface area contributed by atoms with Crippen LogP contribution in [0.15, 0.2) is 47.4 Å². The molecule has 0 saturated carbocycles. The topological polar surface area (TPSA) is 26.3 Å². The van der Waals surface area contributed by atoms with Gasteiger partial charge in [0.1, 0.15) is 5.75 Å². The molecule has 0 fully saturated rings. The first-order chi connectivity index (χ1) is 10.0. The number of Topliss-reactive ketones (excluding diaryl/α,β-unsaturated/α-hetero) is 1. The number of ketones is 1. The lowest BCUT2D eigenvalue weighted by molar-refractivity contribution is 0.0994. The number of thioether (sulfide) groups is 1. The van der Waals surface area contributed by atoms with Crippen LogP contribution < -0.4 is 4.74 Å². The van der Waals surface area contributed by atoms with E-state index in [0.717, 1.165) is 21.8 Å². The number of carbonyl (C=O) groups is 1. The molecule has 0 N–H and O–H groups in total. The second kappa shape index (κ2) is 6.81. The molecule has 0 aliphatic carbocycles. The highest BCUT2D eigenvalue weighted by atomic mass is 32.2. The third-order valence-electron chi connectivity index (χ3n) is 3.53. The van der Waals surface area contributed by atoms with Crippen molar-refractivity contribution in [2.24, 2.45) is 0 Å². The van der Waals surface area contributed by atoms with Crippen LogP contribution in [0.3, 0.4) is 0 Å². The van der Waals surface area contributed by atoms with Crippen LogP contribution in [0.1, 0.15) is 28.4 Å². The lowest BCUT2D eigenvalue weighted by atomic mass is 10.0. The molecule has 1 atom stereocenters. The van der Waals surface area contributed by atoms with Crippen molar-refractivity contribution in [3.8, 4) is 5.75 Å². The van der Waals surface area contributed by atoms with Gasteiger partial charge in [0.05, 0.1) is 12.4 Å². The zero-order chi connectivity index (χ0) is 15.4. The van der Waals surface area contributed by atoms with Crippen molar-refractivity contribution >= 4 is 17.5 Å². The van der Waals surface area contributed by atoms with Crippen LogP contribution in [0.4, 0.5) is 0 Å². The SMILES string of the molecule is COc1ccc(SC(C)C(=O)c2ccc(C)c(C)c2)cc1. The summed E-state index contributed by atoms with van der Waals surface area (Å²) >= 11 is 1.57. The molecular weight excluding hydrogens is 280 g/mol. The third-order valence-corrected chi connectivity index (χ3v) is 4.64. The van der Waals surface area contributed by atoms with Gasteiger partial charge < -0.3 is 4.74 Å². The molecule has 0 bridgehead atoms. The van der Waals surface area contributed by atoms with Crippen LogP contribution >= 0.6 is 11.8 Å². The Hall–Kier alpha value is -1.74.